The molecule has 27 heavy (non-hydrogen) atoms. The molecule has 1 heterocycles. The van der Waals surface area contributed by atoms with Crippen LogP contribution in [0.4, 0.5) is 5.69 Å². The second kappa shape index (κ2) is 7.91. The van der Waals surface area contributed by atoms with E-state index in [0.717, 1.165) is 0 Å². The van der Waals surface area contributed by atoms with Crippen LogP contribution in [-0.4, -0.2) is 44.7 Å². The van der Waals surface area contributed by atoms with Crippen LogP contribution >= 0.6 is 0 Å². The topological polar surface area (TPSA) is 81.5 Å². The third kappa shape index (κ3) is 4.02. The highest BCUT2D eigenvalue weighted by Gasteiger charge is 2.27. The Labute approximate surface area is 159 Å². The molecule has 0 aromatic heterocycles. The average molecular weight is 383 g/mol. The normalized spacial score (nSPS) is 15.8. The Morgan fingerprint density at radius 1 is 1.04 bits per heavy atom. The maximum Gasteiger partial charge on any atom is 0.243 e. The lowest BCUT2D eigenvalue weighted by Crippen LogP contribution is -2.35. The molecule has 0 unspecified atom stereocenters. The molecule has 0 bridgehead atoms. The summed E-state index contributed by atoms with van der Waals surface area (Å²) in [7, 11) is -3.54. The number of hydrogen-bond acceptors (Lipinski definition) is 5. The van der Waals surface area contributed by atoms with Crippen LogP contribution in [0.5, 0.6) is 0 Å². The fourth-order valence-corrected chi connectivity index (χ4v) is 4.77. The van der Waals surface area contributed by atoms with Gasteiger partial charge in [0.25, 0.3) is 0 Å². The van der Waals surface area contributed by atoms with Gasteiger partial charge in [-0.1, -0.05) is 18.2 Å². The number of carbonyl (C=O) groups excluding carboxylic acids is 1. The molecule has 2 aromatic carbocycles. The zero-order valence-corrected chi connectivity index (χ0v) is 15.9. The van der Waals surface area contributed by atoms with E-state index >= 15 is 0 Å². The van der Waals surface area contributed by atoms with Gasteiger partial charge in [0.15, 0.2) is 5.78 Å². The number of ketones is 1. The number of sulfonamides is 1. The van der Waals surface area contributed by atoms with Gasteiger partial charge in [0.2, 0.25) is 10.0 Å². The summed E-state index contributed by atoms with van der Waals surface area (Å²) in [5, 5.41) is 9.18. The summed E-state index contributed by atoms with van der Waals surface area (Å²) in [5.74, 6) is -0.0764. The number of nitrogens with zero attached hydrogens (tertiary/aromatic N) is 3. The molecule has 0 aliphatic carbocycles. The zero-order valence-electron chi connectivity index (χ0n) is 15.1. The Bertz CT molecular complexity index is 981. The van der Waals surface area contributed by atoms with Crippen LogP contribution in [0, 0.1) is 11.3 Å². The molecule has 140 valence electrons. The fraction of sp³-hybridized carbons (Fsp3) is 0.300. The summed E-state index contributed by atoms with van der Waals surface area (Å²) in [6, 6.07) is 15.5. The van der Waals surface area contributed by atoms with Crippen molar-refractivity contribution in [2.75, 3.05) is 31.1 Å². The first-order valence-electron chi connectivity index (χ1n) is 8.78. The van der Waals surface area contributed by atoms with Gasteiger partial charge in [-0.3, -0.25) is 4.79 Å². The van der Waals surface area contributed by atoms with Crippen molar-refractivity contribution >= 4 is 21.5 Å². The standard InChI is InChI=1S/C20H21N3O3S/c1-16(24)19-9-8-17(15-21)14-20(19)22-10-5-11-23(13-12-22)27(25,26)18-6-3-2-4-7-18/h2-4,6-9,14H,5,10-13H2,1H3. The van der Waals surface area contributed by atoms with Crippen molar-refractivity contribution in [1.82, 2.24) is 4.31 Å². The first-order chi connectivity index (χ1) is 12.9. The smallest absolute Gasteiger partial charge is 0.243 e. The Balaban J connectivity index is 1.86. The molecule has 0 spiro atoms. The number of carbonyl (C=O) groups is 1. The van der Waals surface area contributed by atoms with E-state index in [1.54, 1.807) is 48.5 Å². The molecule has 3 rings (SSSR count). The third-order valence-corrected chi connectivity index (χ3v) is 6.60. The highest BCUT2D eigenvalue weighted by Crippen LogP contribution is 2.25. The fourth-order valence-electron chi connectivity index (χ4n) is 3.28. The Kier molecular flexibility index (Phi) is 5.59. The number of benzene rings is 2. The highest BCUT2D eigenvalue weighted by atomic mass is 32.2. The number of anilines is 1. The Morgan fingerprint density at radius 2 is 1.78 bits per heavy atom. The first kappa shape index (κ1) is 19.1. The minimum atomic E-state index is -3.54. The lowest BCUT2D eigenvalue weighted by atomic mass is 10.1. The minimum absolute atomic E-state index is 0.0764. The summed E-state index contributed by atoms with van der Waals surface area (Å²) in [4.78, 5) is 14.3. The van der Waals surface area contributed by atoms with E-state index in [1.807, 2.05) is 4.90 Å². The molecular formula is C20H21N3O3S. The van der Waals surface area contributed by atoms with Gasteiger partial charge in [0.05, 0.1) is 16.5 Å². The lowest BCUT2D eigenvalue weighted by Gasteiger charge is -2.25. The number of hydrogen-bond donors (Lipinski definition) is 0. The van der Waals surface area contributed by atoms with Gasteiger partial charge in [-0.2, -0.15) is 9.57 Å². The van der Waals surface area contributed by atoms with Crippen molar-refractivity contribution in [1.29, 1.82) is 5.26 Å². The van der Waals surface area contributed by atoms with E-state index in [4.69, 9.17) is 0 Å². The quantitative estimate of drug-likeness (QED) is 0.758. The van der Waals surface area contributed by atoms with Gasteiger partial charge >= 0.3 is 0 Å². The van der Waals surface area contributed by atoms with E-state index in [0.29, 0.717) is 49.4 Å². The van der Waals surface area contributed by atoms with Crippen molar-refractivity contribution in [2.24, 2.45) is 0 Å². The molecule has 0 atom stereocenters. The molecule has 1 saturated heterocycles. The SMILES string of the molecule is CC(=O)c1ccc(C#N)cc1N1CCCN(S(=O)(=O)c2ccccc2)CC1. The summed E-state index contributed by atoms with van der Waals surface area (Å²) in [6.45, 7) is 3.32. The molecule has 2 aromatic rings. The number of nitriles is 1. The summed E-state index contributed by atoms with van der Waals surface area (Å²) < 4.78 is 27.2. The third-order valence-electron chi connectivity index (χ3n) is 4.68. The van der Waals surface area contributed by atoms with Crippen molar-refractivity contribution in [3.8, 4) is 6.07 Å². The summed E-state index contributed by atoms with van der Waals surface area (Å²) in [5.41, 5.74) is 1.72. The van der Waals surface area contributed by atoms with Crippen LogP contribution in [0.2, 0.25) is 0 Å². The largest absolute Gasteiger partial charge is 0.370 e. The van der Waals surface area contributed by atoms with Gasteiger partial charge in [-0.25, -0.2) is 8.42 Å². The van der Waals surface area contributed by atoms with Crippen LogP contribution < -0.4 is 4.90 Å². The van der Waals surface area contributed by atoms with E-state index in [2.05, 4.69) is 6.07 Å². The molecule has 7 heteroatoms. The van der Waals surface area contributed by atoms with Crippen LogP contribution in [0.1, 0.15) is 29.3 Å². The van der Waals surface area contributed by atoms with Crippen molar-refractivity contribution in [2.45, 2.75) is 18.2 Å². The predicted octanol–water partition coefficient (Wildman–Crippen LogP) is 2.66. The van der Waals surface area contributed by atoms with Gasteiger partial charge in [-0.05, 0) is 43.7 Å². The Morgan fingerprint density at radius 3 is 2.44 bits per heavy atom. The zero-order chi connectivity index (χ0) is 19.4. The van der Waals surface area contributed by atoms with Crippen LogP contribution in [0.3, 0.4) is 0 Å². The van der Waals surface area contributed by atoms with Crippen LogP contribution in [0.15, 0.2) is 53.4 Å². The summed E-state index contributed by atoms with van der Waals surface area (Å²) >= 11 is 0. The van der Waals surface area contributed by atoms with Gasteiger partial charge in [0, 0.05) is 37.4 Å². The van der Waals surface area contributed by atoms with Crippen molar-refractivity contribution in [3.05, 3.63) is 59.7 Å². The molecule has 0 saturated carbocycles. The number of rotatable bonds is 4. The second-order valence-corrected chi connectivity index (χ2v) is 8.40. The molecule has 1 aliphatic rings. The maximum atomic E-state index is 12.9. The van der Waals surface area contributed by atoms with E-state index in [-0.39, 0.29) is 10.7 Å². The molecule has 1 aliphatic heterocycles. The highest BCUT2D eigenvalue weighted by molar-refractivity contribution is 7.89. The minimum Gasteiger partial charge on any atom is -0.370 e. The molecule has 1 fully saturated rings. The molecule has 0 N–H and O–H groups in total. The van der Waals surface area contributed by atoms with E-state index < -0.39 is 10.0 Å². The molecule has 0 radical (unpaired) electrons. The van der Waals surface area contributed by atoms with Crippen LogP contribution in [0.25, 0.3) is 0 Å². The number of Topliss-reactive ketones (excluding diaryl/α,β-unsaturated/α-hetero) is 1. The van der Waals surface area contributed by atoms with E-state index in [9.17, 15) is 18.5 Å². The molecular weight excluding hydrogens is 362 g/mol. The lowest BCUT2D eigenvalue weighted by molar-refractivity contribution is 0.101. The van der Waals surface area contributed by atoms with Crippen molar-refractivity contribution < 1.29 is 13.2 Å². The monoisotopic (exact) mass is 383 g/mol. The second-order valence-electron chi connectivity index (χ2n) is 6.46. The van der Waals surface area contributed by atoms with Crippen LogP contribution in [-0.2, 0) is 10.0 Å². The van der Waals surface area contributed by atoms with Gasteiger partial charge < -0.3 is 4.90 Å². The Hall–Kier alpha value is -2.69. The van der Waals surface area contributed by atoms with E-state index in [1.165, 1.54) is 11.2 Å². The first-order valence-corrected chi connectivity index (χ1v) is 10.2. The van der Waals surface area contributed by atoms with Gasteiger partial charge in [-0.15, -0.1) is 0 Å². The van der Waals surface area contributed by atoms with Crippen molar-refractivity contribution in [3.63, 3.8) is 0 Å². The average Bonchev–Trinajstić information content (AvgIpc) is 2.95. The predicted molar refractivity (Wildman–Crippen MR) is 103 cm³/mol. The summed E-state index contributed by atoms with van der Waals surface area (Å²) in [6.07, 6.45) is 0.639. The molecule has 6 nitrogen and oxygen atoms in total. The maximum absolute atomic E-state index is 12.9. The molecule has 0 amide bonds. The van der Waals surface area contributed by atoms with Gasteiger partial charge in [0.1, 0.15) is 0 Å².